The molecule has 1 aliphatic rings. The predicted molar refractivity (Wildman–Crippen MR) is 106 cm³/mol. The second-order valence-electron chi connectivity index (χ2n) is 7.26. The van der Waals surface area contributed by atoms with Crippen LogP contribution in [-0.2, 0) is 6.42 Å². The molecule has 3 aromatic rings. The standard InChI is InChI=1S/C22H23N3O3/c1-14-9-18(21(28-2)11-23-14)22(27)25-12-16(20(26)13-25)10-17-8-7-15-5-3-4-6-19(15)24-17/h3-9,11,16,20,26H,10,12-13H2,1-2H3/t16-,20-/m1/s1. The van der Waals surface area contributed by atoms with Crippen molar-refractivity contribution in [2.45, 2.75) is 19.4 Å². The van der Waals surface area contributed by atoms with Gasteiger partial charge in [0.2, 0.25) is 0 Å². The summed E-state index contributed by atoms with van der Waals surface area (Å²) in [7, 11) is 1.52. The van der Waals surface area contributed by atoms with E-state index in [0.29, 0.717) is 30.8 Å². The summed E-state index contributed by atoms with van der Waals surface area (Å²) < 4.78 is 5.29. The maximum Gasteiger partial charge on any atom is 0.257 e. The molecule has 2 atom stereocenters. The van der Waals surface area contributed by atoms with Crippen molar-refractivity contribution < 1.29 is 14.6 Å². The summed E-state index contributed by atoms with van der Waals surface area (Å²) in [6.45, 7) is 2.63. The lowest BCUT2D eigenvalue weighted by Gasteiger charge is -2.18. The number of aromatic nitrogens is 2. The number of fused-ring (bicyclic) bond motifs is 1. The molecular formula is C22H23N3O3. The number of carbonyl (C=O) groups excluding carboxylic acids is 1. The minimum absolute atomic E-state index is 0.0495. The number of para-hydroxylation sites is 1. The van der Waals surface area contributed by atoms with Crippen LogP contribution in [0.4, 0.5) is 0 Å². The molecule has 3 heterocycles. The first-order valence-corrected chi connectivity index (χ1v) is 9.38. The number of aryl methyl sites for hydroxylation is 1. The van der Waals surface area contributed by atoms with Crippen molar-refractivity contribution in [1.82, 2.24) is 14.9 Å². The molecule has 0 unspecified atom stereocenters. The van der Waals surface area contributed by atoms with Gasteiger partial charge in [0.1, 0.15) is 5.75 Å². The van der Waals surface area contributed by atoms with Gasteiger partial charge in [-0.05, 0) is 31.5 Å². The fraction of sp³-hybridized carbons (Fsp3) is 0.318. The Morgan fingerprint density at radius 2 is 2.07 bits per heavy atom. The van der Waals surface area contributed by atoms with E-state index in [0.717, 1.165) is 22.3 Å². The monoisotopic (exact) mass is 377 g/mol. The molecule has 0 saturated carbocycles. The van der Waals surface area contributed by atoms with Crippen LogP contribution >= 0.6 is 0 Å². The lowest BCUT2D eigenvalue weighted by atomic mass is 9.99. The van der Waals surface area contributed by atoms with Crippen LogP contribution in [0.2, 0.25) is 0 Å². The van der Waals surface area contributed by atoms with E-state index in [1.54, 1.807) is 17.2 Å². The molecule has 0 aliphatic carbocycles. The smallest absolute Gasteiger partial charge is 0.257 e. The lowest BCUT2D eigenvalue weighted by Crippen LogP contribution is -2.30. The van der Waals surface area contributed by atoms with Gasteiger partial charge in [0.05, 0.1) is 30.5 Å². The summed E-state index contributed by atoms with van der Waals surface area (Å²) in [6.07, 6.45) is 1.61. The van der Waals surface area contributed by atoms with E-state index in [4.69, 9.17) is 9.72 Å². The first kappa shape index (κ1) is 18.4. The van der Waals surface area contributed by atoms with Crippen molar-refractivity contribution in [3.63, 3.8) is 0 Å². The average molecular weight is 377 g/mol. The van der Waals surface area contributed by atoms with Gasteiger partial charge in [-0.1, -0.05) is 24.3 Å². The van der Waals surface area contributed by atoms with Crippen LogP contribution < -0.4 is 4.74 Å². The average Bonchev–Trinajstić information content (AvgIpc) is 3.07. The molecular weight excluding hydrogens is 354 g/mol. The van der Waals surface area contributed by atoms with Gasteiger partial charge >= 0.3 is 0 Å². The Balaban J connectivity index is 1.51. The third kappa shape index (κ3) is 3.55. The first-order chi connectivity index (χ1) is 13.5. The van der Waals surface area contributed by atoms with E-state index >= 15 is 0 Å². The molecule has 6 heteroatoms. The number of methoxy groups -OCH3 is 1. The van der Waals surface area contributed by atoms with E-state index in [2.05, 4.69) is 4.98 Å². The molecule has 1 fully saturated rings. The number of hydrogen-bond donors (Lipinski definition) is 1. The minimum Gasteiger partial charge on any atom is -0.494 e. The van der Waals surface area contributed by atoms with Crippen LogP contribution in [0.3, 0.4) is 0 Å². The number of hydrogen-bond acceptors (Lipinski definition) is 5. The number of carbonyl (C=O) groups is 1. The largest absolute Gasteiger partial charge is 0.494 e. The molecule has 1 amide bonds. The molecule has 1 N–H and O–H groups in total. The highest BCUT2D eigenvalue weighted by atomic mass is 16.5. The topological polar surface area (TPSA) is 75.5 Å². The van der Waals surface area contributed by atoms with Gasteiger partial charge in [-0.3, -0.25) is 14.8 Å². The SMILES string of the molecule is COc1cnc(C)cc1C(=O)N1C[C@@H](Cc2ccc3ccccc3n2)[C@H](O)C1. The Bertz CT molecular complexity index is 1020. The van der Waals surface area contributed by atoms with Crippen LogP contribution in [-0.4, -0.2) is 52.2 Å². The van der Waals surface area contributed by atoms with E-state index in [1.165, 1.54) is 7.11 Å². The van der Waals surface area contributed by atoms with Crippen LogP contribution in [0.5, 0.6) is 5.75 Å². The van der Waals surface area contributed by atoms with Gasteiger partial charge < -0.3 is 14.7 Å². The zero-order chi connectivity index (χ0) is 19.7. The molecule has 6 nitrogen and oxygen atoms in total. The number of aliphatic hydroxyl groups is 1. The molecule has 0 spiro atoms. The third-order valence-corrected chi connectivity index (χ3v) is 5.28. The zero-order valence-corrected chi connectivity index (χ0v) is 16.0. The second-order valence-corrected chi connectivity index (χ2v) is 7.26. The quantitative estimate of drug-likeness (QED) is 0.756. The number of pyridine rings is 2. The third-order valence-electron chi connectivity index (χ3n) is 5.28. The molecule has 28 heavy (non-hydrogen) atoms. The van der Waals surface area contributed by atoms with Gasteiger partial charge in [-0.25, -0.2) is 0 Å². The Morgan fingerprint density at radius 3 is 2.89 bits per heavy atom. The number of likely N-dealkylation sites (tertiary alicyclic amines) is 1. The van der Waals surface area contributed by atoms with Crippen molar-refractivity contribution in [1.29, 1.82) is 0 Å². The molecule has 144 valence electrons. The van der Waals surface area contributed by atoms with Gasteiger partial charge in [0.25, 0.3) is 5.91 Å². The molecule has 1 aromatic carbocycles. The molecule has 1 aliphatic heterocycles. The molecule has 0 bridgehead atoms. The van der Waals surface area contributed by atoms with Crippen molar-refractivity contribution in [3.8, 4) is 5.75 Å². The number of ether oxygens (including phenoxy) is 1. The number of rotatable bonds is 4. The van der Waals surface area contributed by atoms with Gasteiger partial charge in [0, 0.05) is 35.8 Å². The van der Waals surface area contributed by atoms with Crippen LogP contribution in [0.1, 0.15) is 21.7 Å². The molecule has 1 saturated heterocycles. The van der Waals surface area contributed by atoms with Crippen molar-refractivity contribution in [3.05, 3.63) is 65.6 Å². The van der Waals surface area contributed by atoms with Crippen LogP contribution in [0.15, 0.2) is 48.7 Å². The summed E-state index contributed by atoms with van der Waals surface area (Å²) in [4.78, 5) is 23.6. The molecule has 0 radical (unpaired) electrons. The highest BCUT2D eigenvalue weighted by molar-refractivity contribution is 5.97. The fourth-order valence-corrected chi connectivity index (χ4v) is 3.76. The Kier molecular flexibility index (Phi) is 4.96. The molecule has 4 rings (SSSR count). The Morgan fingerprint density at radius 1 is 1.25 bits per heavy atom. The summed E-state index contributed by atoms with van der Waals surface area (Å²) in [5, 5.41) is 11.6. The van der Waals surface area contributed by atoms with E-state index in [9.17, 15) is 9.90 Å². The normalized spacial score (nSPS) is 19.2. The van der Waals surface area contributed by atoms with E-state index in [-0.39, 0.29) is 11.8 Å². The van der Waals surface area contributed by atoms with Crippen molar-refractivity contribution >= 4 is 16.8 Å². The van der Waals surface area contributed by atoms with Gasteiger partial charge in [0.15, 0.2) is 0 Å². The Labute approximate surface area is 163 Å². The number of nitrogens with zero attached hydrogens (tertiary/aromatic N) is 3. The number of benzene rings is 1. The van der Waals surface area contributed by atoms with Gasteiger partial charge in [-0.15, -0.1) is 0 Å². The summed E-state index contributed by atoms with van der Waals surface area (Å²) in [6, 6.07) is 13.7. The van der Waals surface area contributed by atoms with Crippen molar-refractivity contribution in [2.75, 3.05) is 20.2 Å². The lowest BCUT2D eigenvalue weighted by molar-refractivity contribution is 0.0761. The van der Waals surface area contributed by atoms with E-state index in [1.807, 2.05) is 43.3 Å². The summed E-state index contributed by atoms with van der Waals surface area (Å²) >= 11 is 0. The highest BCUT2D eigenvalue weighted by Gasteiger charge is 2.35. The number of aliphatic hydroxyl groups excluding tert-OH is 1. The first-order valence-electron chi connectivity index (χ1n) is 9.38. The van der Waals surface area contributed by atoms with E-state index < -0.39 is 6.10 Å². The maximum absolute atomic E-state index is 13.0. The number of amides is 1. The Hall–Kier alpha value is -2.99. The summed E-state index contributed by atoms with van der Waals surface area (Å²) in [5.41, 5.74) is 3.10. The van der Waals surface area contributed by atoms with Crippen LogP contribution in [0, 0.1) is 12.8 Å². The van der Waals surface area contributed by atoms with Crippen LogP contribution in [0.25, 0.3) is 10.9 Å². The second kappa shape index (κ2) is 7.56. The predicted octanol–water partition coefficient (Wildman–Crippen LogP) is 2.62. The minimum atomic E-state index is -0.578. The maximum atomic E-state index is 13.0. The number of β-amino-alcohol motifs (C(OH)–C–C–N with tert-alkyl or cyclic N) is 1. The van der Waals surface area contributed by atoms with Crippen molar-refractivity contribution in [2.24, 2.45) is 5.92 Å². The summed E-state index contributed by atoms with van der Waals surface area (Å²) in [5.74, 6) is 0.256. The molecule has 2 aromatic heterocycles. The fourth-order valence-electron chi connectivity index (χ4n) is 3.76. The highest BCUT2D eigenvalue weighted by Crippen LogP contribution is 2.26. The van der Waals surface area contributed by atoms with Gasteiger partial charge in [-0.2, -0.15) is 0 Å². The zero-order valence-electron chi connectivity index (χ0n) is 16.0.